The van der Waals surface area contributed by atoms with Crippen LogP contribution in [-0.4, -0.2) is 10.9 Å². The van der Waals surface area contributed by atoms with Crippen LogP contribution in [0.2, 0.25) is 0 Å². The third-order valence-corrected chi connectivity index (χ3v) is 7.39. The molecule has 0 spiro atoms. The highest BCUT2D eigenvalue weighted by atomic mass is 79.9. The van der Waals surface area contributed by atoms with Crippen LogP contribution in [0.3, 0.4) is 0 Å². The van der Waals surface area contributed by atoms with Crippen molar-refractivity contribution in [3.05, 3.63) is 65.4 Å². The summed E-state index contributed by atoms with van der Waals surface area (Å²) in [4.78, 5) is 12.4. The highest BCUT2D eigenvalue weighted by Crippen LogP contribution is 2.40. The summed E-state index contributed by atoms with van der Waals surface area (Å²) in [7, 11) is 0. The SMILES string of the molecule is O=C(c1cc(Br)c(Br)c(Br)c1Br)C(O)c1ccccc1. The molecule has 0 aliphatic heterocycles. The summed E-state index contributed by atoms with van der Waals surface area (Å²) in [6.45, 7) is 0. The Morgan fingerprint density at radius 3 is 2.15 bits per heavy atom. The van der Waals surface area contributed by atoms with E-state index in [9.17, 15) is 9.90 Å². The molecule has 0 aliphatic rings. The molecule has 1 unspecified atom stereocenters. The number of hydrogen-bond donors (Lipinski definition) is 1. The van der Waals surface area contributed by atoms with Crippen LogP contribution < -0.4 is 0 Å². The van der Waals surface area contributed by atoms with Gasteiger partial charge in [0.25, 0.3) is 0 Å². The number of aliphatic hydroxyl groups excluding tert-OH is 1. The lowest BCUT2D eigenvalue weighted by molar-refractivity contribution is 0.0746. The first-order valence-electron chi connectivity index (χ1n) is 5.53. The van der Waals surface area contributed by atoms with Gasteiger partial charge in [0.1, 0.15) is 6.10 Å². The van der Waals surface area contributed by atoms with Crippen molar-refractivity contribution in [2.24, 2.45) is 0 Å². The van der Waals surface area contributed by atoms with Crippen molar-refractivity contribution in [3.8, 4) is 0 Å². The lowest BCUT2D eigenvalue weighted by Gasteiger charge is -2.13. The first-order chi connectivity index (χ1) is 9.43. The Bertz CT molecular complexity index is 656. The van der Waals surface area contributed by atoms with Gasteiger partial charge in [0.05, 0.1) is 0 Å². The first-order valence-corrected chi connectivity index (χ1v) is 8.71. The minimum atomic E-state index is -1.19. The largest absolute Gasteiger partial charge is 0.380 e. The van der Waals surface area contributed by atoms with E-state index in [1.165, 1.54) is 0 Å². The van der Waals surface area contributed by atoms with E-state index in [2.05, 4.69) is 63.7 Å². The van der Waals surface area contributed by atoms with E-state index in [1.54, 1.807) is 30.3 Å². The van der Waals surface area contributed by atoms with Crippen LogP contribution in [0.15, 0.2) is 54.3 Å². The molecule has 1 atom stereocenters. The van der Waals surface area contributed by atoms with Gasteiger partial charge in [-0.25, -0.2) is 0 Å². The van der Waals surface area contributed by atoms with Crippen LogP contribution >= 0.6 is 63.7 Å². The summed E-state index contributed by atoms with van der Waals surface area (Å²) in [6, 6.07) is 10.5. The maximum atomic E-state index is 12.4. The third-order valence-electron chi connectivity index (χ3n) is 2.73. The number of benzene rings is 2. The number of hydrogen-bond acceptors (Lipinski definition) is 2. The Kier molecular flexibility index (Phi) is 5.59. The van der Waals surface area contributed by atoms with Crippen molar-refractivity contribution in [3.63, 3.8) is 0 Å². The molecule has 0 saturated carbocycles. The Balaban J connectivity index is 2.45. The van der Waals surface area contributed by atoms with Gasteiger partial charge in [0, 0.05) is 23.5 Å². The molecule has 6 heteroatoms. The zero-order valence-corrected chi connectivity index (χ0v) is 16.3. The van der Waals surface area contributed by atoms with Crippen LogP contribution in [0, 0.1) is 0 Å². The lowest BCUT2D eigenvalue weighted by Crippen LogP contribution is -2.13. The van der Waals surface area contributed by atoms with Crippen LogP contribution in [0.5, 0.6) is 0 Å². The molecule has 0 heterocycles. The van der Waals surface area contributed by atoms with E-state index in [1.807, 2.05) is 6.07 Å². The number of carbonyl (C=O) groups is 1. The Morgan fingerprint density at radius 1 is 0.950 bits per heavy atom. The molecule has 0 bridgehead atoms. The zero-order chi connectivity index (χ0) is 14.9. The summed E-state index contributed by atoms with van der Waals surface area (Å²) in [5.41, 5.74) is 0.975. The van der Waals surface area contributed by atoms with Crippen LogP contribution in [0.1, 0.15) is 22.0 Å². The standard InChI is InChI=1S/C14H8Br4O2/c15-9-6-8(10(16)12(18)11(9)17)14(20)13(19)7-4-2-1-3-5-7/h1-6,13,19H. The predicted molar refractivity (Wildman–Crippen MR) is 93.0 cm³/mol. The van der Waals surface area contributed by atoms with Crippen molar-refractivity contribution in [2.75, 3.05) is 0 Å². The number of Topliss-reactive ketones (excluding diaryl/α,β-unsaturated/α-hetero) is 1. The van der Waals surface area contributed by atoms with Gasteiger partial charge in [-0.3, -0.25) is 4.79 Å². The third kappa shape index (κ3) is 3.25. The van der Waals surface area contributed by atoms with Gasteiger partial charge in [-0.1, -0.05) is 30.3 Å². The average Bonchev–Trinajstić information content (AvgIpc) is 2.48. The molecule has 0 radical (unpaired) electrons. The lowest BCUT2D eigenvalue weighted by atomic mass is 10.0. The van der Waals surface area contributed by atoms with E-state index >= 15 is 0 Å². The molecule has 2 aromatic carbocycles. The molecule has 2 aromatic rings. The minimum Gasteiger partial charge on any atom is -0.380 e. The van der Waals surface area contributed by atoms with Crippen LogP contribution in [-0.2, 0) is 0 Å². The van der Waals surface area contributed by atoms with Gasteiger partial charge < -0.3 is 5.11 Å². The number of carbonyl (C=O) groups excluding carboxylic acids is 1. The average molecular weight is 528 g/mol. The van der Waals surface area contributed by atoms with E-state index in [-0.39, 0.29) is 5.78 Å². The van der Waals surface area contributed by atoms with Gasteiger partial charge >= 0.3 is 0 Å². The second-order valence-electron chi connectivity index (χ2n) is 4.03. The molecule has 104 valence electrons. The quantitative estimate of drug-likeness (QED) is 0.318. The Labute approximate surface area is 150 Å². The van der Waals surface area contributed by atoms with Crippen molar-refractivity contribution in [1.29, 1.82) is 0 Å². The van der Waals surface area contributed by atoms with Gasteiger partial charge in [-0.05, 0) is 75.3 Å². The fourth-order valence-corrected chi connectivity index (χ4v) is 3.89. The van der Waals surface area contributed by atoms with Crippen molar-refractivity contribution in [1.82, 2.24) is 0 Å². The normalized spacial score (nSPS) is 12.2. The van der Waals surface area contributed by atoms with E-state index in [4.69, 9.17) is 0 Å². The van der Waals surface area contributed by atoms with Crippen LogP contribution in [0.4, 0.5) is 0 Å². The predicted octanol–water partition coefficient (Wildman–Crippen LogP) is 5.65. The molecule has 0 saturated heterocycles. The summed E-state index contributed by atoms with van der Waals surface area (Å²) in [5, 5.41) is 10.2. The minimum absolute atomic E-state index is 0.364. The molecule has 2 nitrogen and oxygen atoms in total. The highest BCUT2D eigenvalue weighted by molar-refractivity contribution is 9.15. The van der Waals surface area contributed by atoms with Crippen molar-refractivity contribution in [2.45, 2.75) is 6.10 Å². The van der Waals surface area contributed by atoms with Gasteiger partial charge in [0.15, 0.2) is 5.78 Å². The maximum Gasteiger partial charge on any atom is 0.197 e. The topological polar surface area (TPSA) is 37.3 Å². The molecule has 20 heavy (non-hydrogen) atoms. The van der Waals surface area contributed by atoms with Gasteiger partial charge in [-0.2, -0.15) is 0 Å². The second kappa shape index (κ2) is 6.83. The van der Waals surface area contributed by atoms with E-state index in [0.717, 1.165) is 13.4 Å². The van der Waals surface area contributed by atoms with E-state index < -0.39 is 6.10 Å². The molecule has 2 rings (SSSR count). The maximum absolute atomic E-state index is 12.4. The fourth-order valence-electron chi connectivity index (χ4n) is 1.69. The first kappa shape index (κ1) is 16.4. The summed E-state index contributed by atoms with van der Waals surface area (Å²) < 4.78 is 2.86. The molecular formula is C14H8Br4O2. The summed E-state index contributed by atoms with van der Waals surface area (Å²) in [6.07, 6.45) is -1.19. The van der Waals surface area contributed by atoms with E-state index in [0.29, 0.717) is 15.6 Å². The molecule has 0 aliphatic carbocycles. The fraction of sp³-hybridized carbons (Fsp3) is 0.0714. The molecule has 1 N–H and O–H groups in total. The molecule has 0 amide bonds. The monoisotopic (exact) mass is 524 g/mol. The number of ketones is 1. The van der Waals surface area contributed by atoms with Crippen molar-refractivity contribution >= 4 is 69.5 Å². The zero-order valence-electron chi connectivity index (χ0n) is 9.91. The summed E-state index contributed by atoms with van der Waals surface area (Å²) >= 11 is 13.5. The van der Waals surface area contributed by atoms with Gasteiger partial charge in [-0.15, -0.1) is 0 Å². The number of rotatable bonds is 3. The Morgan fingerprint density at radius 2 is 1.55 bits per heavy atom. The molecule has 0 fully saturated rings. The highest BCUT2D eigenvalue weighted by Gasteiger charge is 2.24. The number of halogens is 4. The smallest absolute Gasteiger partial charge is 0.197 e. The van der Waals surface area contributed by atoms with Gasteiger partial charge in [0.2, 0.25) is 0 Å². The Hall–Kier alpha value is -0.0100. The number of aliphatic hydroxyl groups is 1. The molecular weight excluding hydrogens is 520 g/mol. The molecule has 0 aromatic heterocycles. The van der Waals surface area contributed by atoms with Crippen molar-refractivity contribution < 1.29 is 9.90 Å². The second-order valence-corrected chi connectivity index (χ2v) is 7.26. The van der Waals surface area contributed by atoms with Crippen LogP contribution in [0.25, 0.3) is 0 Å². The summed E-state index contributed by atoms with van der Waals surface area (Å²) in [5.74, 6) is -0.364.